The second-order valence-corrected chi connectivity index (χ2v) is 4.78. The molecule has 0 aliphatic carbocycles. The van der Waals surface area contributed by atoms with Gasteiger partial charge >= 0.3 is 5.97 Å². The third-order valence-electron chi connectivity index (χ3n) is 3.29. The van der Waals surface area contributed by atoms with Crippen LogP contribution >= 0.6 is 0 Å². The van der Waals surface area contributed by atoms with Crippen LogP contribution in [0.4, 0.5) is 0 Å². The van der Waals surface area contributed by atoms with Crippen LogP contribution in [0.1, 0.15) is 21.7 Å². The van der Waals surface area contributed by atoms with Crippen molar-refractivity contribution in [3.63, 3.8) is 0 Å². The Morgan fingerprint density at radius 2 is 2.04 bits per heavy atom. The number of aryl methyl sites for hydroxylation is 1. The van der Waals surface area contributed by atoms with Crippen molar-refractivity contribution in [2.75, 3.05) is 0 Å². The summed E-state index contributed by atoms with van der Waals surface area (Å²) in [5.74, 6) is -0.0471. The highest BCUT2D eigenvalue weighted by Crippen LogP contribution is 2.25. The van der Waals surface area contributed by atoms with Crippen LogP contribution in [-0.4, -0.2) is 26.2 Å². The number of carboxylic acids is 1. The van der Waals surface area contributed by atoms with Gasteiger partial charge in [-0.1, -0.05) is 5.16 Å². The Labute approximate surface area is 131 Å². The minimum atomic E-state index is -1.03. The minimum absolute atomic E-state index is 0.107. The minimum Gasteiger partial charge on any atom is -0.478 e. The number of carbonyl (C=O) groups is 1. The molecule has 0 atom stereocenters. The molecule has 3 heterocycles. The zero-order valence-electron chi connectivity index (χ0n) is 12.3. The van der Waals surface area contributed by atoms with Crippen LogP contribution in [0, 0.1) is 6.92 Å². The molecule has 1 N–H and O–H groups in total. The summed E-state index contributed by atoms with van der Waals surface area (Å²) in [5, 5.41) is 12.9. The Kier molecular flexibility index (Phi) is 4.01. The highest BCUT2D eigenvalue weighted by Gasteiger charge is 2.15. The van der Waals surface area contributed by atoms with E-state index in [0.29, 0.717) is 17.3 Å². The molecule has 3 aromatic rings. The molecule has 0 bridgehead atoms. The molecule has 0 saturated carbocycles. The fourth-order valence-corrected chi connectivity index (χ4v) is 2.04. The summed E-state index contributed by atoms with van der Waals surface area (Å²) in [5.41, 5.74) is 2.48. The van der Waals surface area contributed by atoms with Crippen molar-refractivity contribution in [2.45, 2.75) is 13.5 Å². The predicted octanol–water partition coefficient (Wildman–Crippen LogP) is 2.72. The molecular formula is C16H13N3O4. The van der Waals surface area contributed by atoms with E-state index in [1.807, 2.05) is 12.1 Å². The zero-order valence-corrected chi connectivity index (χ0v) is 12.3. The lowest BCUT2D eigenvalue weighted by Crippen LogP contribution is -2.01. The fourth-order valence-electron chi connectivity index (χ4n) is 2.04. The number of nitrogens with zero attached hydrogens (tertiary/aromatic N) is 3. The first kappa shape index (κ1) is 14.7. The highest BCUT2D eigenvalue weighted by molar-refractivity contribution is 5.87. The van der Waals surface area contributed by atoms with E-state index >= 15 is 0 Å². The summed E-state index contributed by atoms with van der Waals surface area (Å²) >= 11 is 0. The van der Waals surface area contributed by atoms with Crippen LogP contribution in [0.15, 0.2) is 47.4 Å². The second kappa shape index (κ2) is 6.27. The molecule has 7 heteroatoms. The van der Waals surface area contributed by atoms with Crippen molar-refractivity contribution in [1.82, 2.24) is 15.1 Å². The Morgan fingerprint density at radius 1 is 1.26 bits per heavy atom. The molecular weight excluding hydrogens is 298 g/mol. The lowest BCUT2D eigenvalue weighted by Gasteiger charge is -2.06. The van der Waals surface area contributed by atoms with Gasteiger partial charge < -0.3 is 14.4 Å². The molecule has 3 aromatic heterocycles. The van der Waals surface area contributed by atoms with Crippen LogP contribution in [0.25, 0.3) is 11.3 Å². The number of ether oxygens (including phenoxy) is 1. The smallest absolute Gasteiger partial charge is 0.337 e. The van der Waals surface area contributed by atoms with Crippen molar-refractivity contribution >= 4 is 5.97 Å². The molecule has 0 aliphatic heterocycles. The number of aromatic carboxylic acids is 1. The van der Waals surface area contributed by atoms with E-state index in [9.17, 15) is 4.79 Å². The largest absolute Gasteiger partial charge is 0.478 e. The summed E-state index contributed by atoms with van der Waals surface area (Å²) in [6.07, 6.45) is 4.61. The monoisotopic (exact) mass is 311 g/mol. The number of aromatic nitrogens is 3. The highest BCUT2D eigenvalue weighted by atomic mass is 16.5. The van der Waals surface area contributed by atoms with E-state index in [0.717, 1.165) is 11.1 Å². The van der Waals surface area contributed by atoms with Crippen LogP contribution in [0.2, 0.25) is 0 Å². The van der Waals surface area contributed by atoms with Gasteiger partial charge in [-0.2, -0.15) is 0 Å². The number of rotatable bonds is 5. The van der Waals surface area contributed by atoms with E-state index in [1.165, 1.54) is 18.3 Å². The predicted molar refractivity (Wildman–Crippen MR) is 80.0 cm³/mol. The van der Waals surface area contributed by atoms with Gasteiger partial charge in [-0.25, -0.2) is 9.78 Å². The van der Waals surface area contributed by atoms with Gasteiger partial charge in [0.1, 0.15) is 18.1 Å². The van der Waals surface area contributed by atoms with Gasteiger partial charge in [0.05, 0.1) is 11.1 Å². The first-order chi connectivity index (χ1) is 11.1. The lowest BCUT2D eigenvalue weighted by molar-refractivity contribution is 0.0696. The summed E-state index contributed by atoms with van der Waals surface area (Å²) in [6.45, 7) is 2.02. The van der Waals surface area contributed by atoms with Crippen LogP contribution in [-0.2, 0) is 6.61 Å². The van der Waals surface area contributed by atoms with Crippen LogP contribution in [0.3, 0.4) is 0 Å². The van der Waals surface area contributed by atoms with E-state index in [-0.39, 0.29) is 12.2 Å². The second-order valence-electron chi connectivity index (χ2n) is 4.78. The van der Waals surface area contributed by atoms with Gasteiger partial charge in [0.15, 0.2) is 0 Å². The van der Waals surface area contributed by atoms with E-state index in [4.69, 9.17) is 14.4 Å². The molecule has 0 amide bonds. The van der Waals surface area contributed by atoms with Crippen molar-refractivity contribution in [3.05, 3.63) is 59.7 Å². The number of hydrogen-bond donors (Lipinski definition) is 1. The van der Waals surface area contributed by atoms with Crippen molar-refractivity contribution in [2.24, 2.45) is 0 Å². The third kappa shape index (κ3) is 3.18. The third-order valence-corrected chi connectivity index (χ3v) is 3.29. The Morgan fingerprint density at radius 3 is 2.70 bits per heavy atom. The first-order valence-electron chi connectivity index (χ1n) is 6.83. The topological polar surface area (TPSA) is 98.3 Å². The van der Waals surface area contributed by atoms with Crippen molar-refractivity contribution < 1.29 is 19.2 Å². The molecule has 0 radical (unpaired) electrons. The first-order valence-corrected chi connectivity index (χ1v) is 6.83. The standard InChI is InChI=1S/C16H13N3O4/c1-10-13(15(19-23-10)11-4-6-17-7-5-11)9-22-14-3-2-12(8-18-14)16(20)21/h2-8H,9H2,1H3,(H,20,21). The number of hydrogen-bond acceptors (Lipinski definition) is 6. The van der Waals surface area contributed by atoms with E-state index < -0.39 is 5.97 Å². The average molecular weight is 311 g/mol. The van der Waals surface area contributed by atoms with Gasteiger partial charge in [-0.15, -0.1) is 0 Å². The number of pyridine rings is 2. The summed E-state index contributed by atoms with van der Waals surface area (Å²) in [6, 6.07) is 6.62. The maximum absolute atomic E-state index is 10.8. The SMILES string of the molecule is Cc1onc(-c2ccncc2)c1COc1ccc(C(=O)O)cn1. The average Bonchev–Trinajstić information content (AvgIpc) is 2.95. The zero-order chi connectivity index (χ0) is 16.2. The quantitative estimate of drug-likeness (QED) is 0.773. The molecule has 0 fully saturated rings. The normalized spacial score (nSPS) is 10.5. The van der Waals surface area contributed by atoms with Gasteiger partial charge in [0.25, 0.3) is 0 Å². The van der Waals surface area contributed by atoms with Crippen LogP contribution < -0.4 is 4.74 Å². The molecule has 0 unspecified atom stereocenters. The van der Waals surface area contributed by atoms with Gasteiger partial charge in [0.2, 0.25) is 5.88 Å². The van der Waals surface area contributed by atoms with Crippen LogP contribution in [0.5, 0.6) is 5.88 Å². The van der Waals surface area contributed by atoms with Gasteiger partial charge in [-0.3, -0.25) is 4.98 Å². The lowest BCUT2D eigenvalue weighted by atomic mass is 10.1. The Balaban J connectivity index is 1.78. The fraction of sp³-hybridized carbons (Fsp3) is 0.125. The van der Waals surface area contributed by atoms with Gasteiger partial charge in [-0.05, 0) is 25.1 Å². The van der Waals surface area contributed by atoms with Gasteiger partial charge in [0, 0.05) is 30.2 Å². The molecule has 0 spiro atoms. The summed E-state index contributed by atoms with van der Waals surface area (Å²) < 4.78 is 10.8. The van der Waals surface area contributed by atoms with Crippen molar-refractivity contribution in [3.8, 4) is 17.1 Å². The Hall–Kier alpha value is -3.22. The molecule has 3 rings (SSSR count). The summed E-state index contributed by atoms with van der Waals surface area (Å²) in [4.78, 5) is 18.7. The Bertz CT molecular complexity index is 813. The van der Waals surface area contributed by atoms with E-state index in [2.05, 4.69) is 15.1 Å². The van der Waals surface area contributed by atoms with E-state index in [1.54, 1.807) is 19.3 Å². The molecule has 0 aromatic carbocycles. The number of carboxylic acid groups (broad SMARTS) is 1. The summed E-state index contributed by atoms with van der Waals surface area (Å²) in [7, 11) is 0. The molecule has 0 saturated heterocycles. The van der Waals surface area contributed by atoms with Crippen molar-refractivity contribution in [1.29, 1.82) is 0 Å². The maximum atomic E-state index is 10.8. The molecule has 0 aliphatic rings. The maximum Gasteiger partial charge on any atom is 0.337 e. The molecule has 116 valence electrons. The molecule has 7 nitrogen and oxygen atoms in total. The molecule has 23 heavy (non-hydrogen) atoms.